The van der Waals surface area contributed by atoms with E-state index in [0.29, 0.717) is 6.61 Å². The van der Waals surface area contributed by atoms with Crippen molar-refractivity contribution in [2.45, 2.75) is 118 Å². The molecule has 2 aromatic carbocycles. The summed E-state index contributed by atoms with van der Waals surface area (Å²) in [6.07, 6.45) is 18.9. The number of hydrogen-bond acceptors (Lipinski definition) is 3. The first-order valence-corrected chi connectivity index (χ1v) is 16.8. The van der Waals surface area contributed by atoms with Gasteiger partial charge in [0.2, 0.25) is 0 Å². The van der Waals surface area contributed by atoms with E-state index >= 15 is 0 Å². The molecule has 0 atom stereocenters. The molecule has 0 radical (unpaired) electrons. The minimum absolute atomic E-state index is 0.588. The molecule has 0 aliphatic rings. The fraction of sp³-hybridized carbons (Fsp3) is 0.625. The second-order valence-electron chi connectivity index (χ2n) is 9.95. The van der Waals surface area contributed by atoms with E-state index in [1.54, 1.807) is 0 Å². The van der Waals surface area contributed by atoms with Crippen LogP contribution >= 0.6 is 7.94 Å². The van der Waals surface area contributed by atoms with Crippen LogP contribution in [0.2, 0.25) is 0 Å². The summed E-state index contributed by atoms with van der Waals surface area (Å²) in [6, 6.07) is 16.8. The molecule has 0 heterocycles. The van der Waals surface area contributed by atoms with E-state index < -0.39 is 7.94 Å². The second-order valence-corrected chi connectivity index (χ2v) is 12.5. The normalized spacial score (nSPS) is 12.0. The van der Waals surface area contributed by atoms with Crippen molar-refractivity contribution in [2.75, 3.05) is 12.8 Å². The molecule has 0 unspecified atom stereocenters. The molecule has 0 fully saturated rings. The van der Waals surface area contributed by atoms with Gasteiger partial charge >= 0.3 is 210 Å². The van der Waals surface area contributed by atoms with E-state index in [1.807, 2.05) is 6.92 Å². The van der Waals surface area contributed by atoms with Gasteiger partial charge in [-0.15, -0.1) is 0 Å². The van der Waals surface area contributed by atoms with Crippen LogP contribution in [0, 0.1) is 0 Å². The van der Waals surface area contributed by atoms with Gasteiger partial charge in [0, 0.05) is 0 Å². The zero-order valence-corrected chi connectivity index (χ0v) is 24.7. The molecule has 0 saturated heterocycles. The van der Waals surface area contributed by atoms with Crippen LogP contribution in [-0.2, 0) is 17.4 Å². The molecule has 4 heteroatoms. The standard InChI is InChI=1S/C32H53O3P/c1-5-9-10-11-12-13-14-15-16-17-18-19-28-36(33-8-4,34-31-24-20-29(6-2)21-25-31)35-32-26-22-30(7-3)23-27-32/h20-27,36H,5-19,28H2,1-4H3. The van der Waals surface area contributed by atoms with Crippen molar-refractivity contribution < 1.29 is 13.6 Å². The molecule has 36 heavy (non-hydrogen) atoms. The Balaban J connectivity index is 1.90. The molecule has 0 bridgehead atoms. The Morgan fingerprint density at radius 2 is 0.889 bits per heavy atom. The van der Waals surface area contributed by atoms with Gasteiger partial charge in [0.1, 0.15) is 0 Å². The third-order valence-corrected chi connectivity index (χ3v) is 9.70. The minimum atomic E-state index is -2.93. The van der Waals surface area contributed by atoms with Gasteiger partial charge in [0.15, 0.2) is 0 Å². The molecule has 0 amide bonds. The SMILES string of the molecule is CCCCCCCCCCCCCC[PH](OCC)(Oc1ccc(CC)cc1)Oc1ccc(CC)cc1. The molecule has 0 spiro atoms. The summed E-state index contributed by atoms with van der Waals surface area (Å²) in [5.74, 6) is 1.69. The van der Waals surface area contributed by atoms with Crippen LogP contribution in [0.25, 0.3) is 0 Å². The van der Waals surface area contributed by atoms with Crippen molar-refractivity contribution in [2.24, 2.45) is 0 Å². The van der Waals surface area contributed by atoms with Crippen LogP contribution in [0.4, 0.5) is 0 Å². The number of aryl methyl sites for hydroxylation is 2. The van der Waals surface area contributed by atoms with Crippen LogP contribution in [0.3, 0.4) is 0 Å². The number of hydrogen-bond donors (Lipinski definition) is 0. The molecule has 0 aliphatic heterocycles. The first kappa shape index (κ1) is 30.7. The zero-order valence-electron chi connectivity index (χ0n) is 23.7. The van der Waals surface area contributed by atoms with E-state index in [0.717, 1.165) is 36.9 Å². The molecule has 0 aliphatic carbocycles. The van der Waals surface area contributed by atoms with Crippen molar-refractivity contribution in [1.82, 2.24) is 0 Å². The van der Waals surface area contributed by atoms with E-state index in [-0.39, 0.29) is 0 Å². The Kier molecular flexibility index (Phi) is 15.9. The van der Waals surface area contributed by atoms with Crippen LogP contribution in [0.15, 0.2) is 48.5 Å². The number of benzene rings is 2. The molecule has 2 aromatic rings. The summed E-state index contributed by atoms with van der Waals surface area (Å²) in [7, 11) is -2.93. The molecule has 204 valence electrons. The van der Waals surface area contributed by atoms with Gasteiger partial charge in [-0.3, -0.25) is 0 Å². The maximum atomic E-state index is 6.60. The fourth-order valence-corrected chi connectivity index (χ4v) is 7.22. The summed E-state index contributed by atoms with van der Waals surface area (Å²) in [6.45, 7) is 9.26. The number of rotatable bonds is 21. The molecule has 0 aromatic heterocycles. The van der Waals surface area contributed by atoms with Gasteiger partial charge in [-0.1, -0.05) is 13.3 Å². The van der Waals surface area contributed by atoms with Crippen LogP contribution < -0.4 is 9.05 Å². The second kappa shape index (κ2) is 18.6. The quantitative estimate of drug-likeness (QED) is 0.122. The third kappa shape index (κ3) is 12.1. The maximum absolute atomic E-state index is 6.60. The van der Waals surface area contributed by atoms with Gasteiger partial charge in [-0.2, -0.15) is 0 Å². The zero-order chi connectivity index (χ0) is 25.9. The Morgan fingerprint density at radius 3 is 1.25 bits per heavy atom. The van der Waals surface area contributed by atoms with Crippen LogP contribution in [0.5, 0.6) is 11.5 Å². The molecule has 0 N–H and O–H groups in total. The van der Waals surface area contributed by atoms with Crippen LogP contribution in [-0.4, -0.2) is 12.8 Å². The summed E-state index contributed by atoms with van der Waals surface area (Å²) >= 11 is 0. The van der Waals surface area contributed by atoms with Crippen molar-refractivity contribution in [3.63, 3.8) is 0 Å². The Hall–Kier alpha value is -1.57. The molecule has 2 rings (SSSR count). The first-order chi connectivity index (χ1) is 17.6. The van der Waals surface area contributed by atoms with Crippen molar-refractivity contribution in [3.8, 4) is 11.5 Å². The fourth-order valence-electron chi connectivity index (χ4n) is 4.60. The average molecular weight is 517 g/mol. The van der Waals surface area contributed by atoms with Crippen LogP contribution in [0.1, 0.15) is 116 Å². The van der Waals surface area contributed by atoms with Gasteiger partial charge in [-0.05, 0) is 0 Å². The molecule has 3 nitrogen and oxygen atoms in total. The van der Waals surface area contributed by atoms with Crippen molar-refractivity contribution >= 4 is 7.94 Å². The van der Waals surface area contributed by atoms with E-state index in [1.165, 1.54) is 81.8 Å². The third-order valence-electron chi connectivity index (χ3n) is 6.91. The summed E-state index contributed by atoms with van der Waals surface area (Å²) in [5.41, 5.74) is 2.62. The summed E-state index contributed by atoms with van der Waals surface area (Å²) in [4.78, 5) is 0. The monoisotopic (exact) mass is 516 g/mol. The van der Waals surface area contributed by atoms with Gasteiger partial charge in [-0.25, -0.2) is 0 Å². The average Bonchev–Trinajstić information content (AvgIpc) is 2.90. The Bertz CT molecular complexity index is 739. The van der Waals surface area contributed by atoms with Gasteiger partial charge in [0.05, 0.1) is 0 Å². The van der Waals surface area contributed by atoms with Crippen molar-refractivity contribution in [3.05, 3.63) is 59.7 Å². The number of unbranched alkanes of at least 4 members (excludes halogenated alkanes) is 11. The molecular weight excluding hydrogens is 463 g/mol. The predicted octanol–water partition coefficient (Wildman–Crippen LogP) is 10.5. The van der Waals surface area contributed by atoms with Gasteiger partial charge in [0.25, 0.3) is 0 Å². The van der Waals surface area contributed by atoms with E-state index in [4.69, 9.17) is 13.6 Å². The van der Waals surface area contributed by atoms with Gasteiger partial charge < -0.3 is 0 Å². The topological polar surface area (TPSA) is 27.7 Å². The Labute approximate surface area is 222 Å². The molecule has 0 saturated carbocycles. The molecular formula is C32H53O3P. The summed E-state index contributed by atoms with van der Waals surface area (Å²) in [5, 5.41) is 0. The van der Waals surface area contributed by atoms with E-state index in [9.17, 15) is 0 Å². The van der Waals surface area contributed by atoms with Crippen molar-refractivity contribution in [1.29, 1.82) is 0 Å². The first-order valence-electron chi connectivity index (χ1n) is 14.8. The summed E-state index contributed by atoms with van der Waals surface area (Å²) < 4.78 is 19.5. The predicted molar refractivity (Wildman–Crippen MR) is 159 cm³/mol. The Morgan fingerprint density at radius 1 is 0.500 bits per heavy atom. The van der Waals surface area contributed by atoms with E-state index in [2.05, 4.69) is 69.3 Å².